The third-order valence-electron chi connectivity index (χ3n) is 9.77. The van der Waals surface area contributed by atoms with Crippen molar-refractivity contribution in [3.05, 3.63) is 182 Å². The summed E-state index contributed by atoms with van der Waals surface area (Å²) in [4.78, 5) is 18.3. The van der Waals surface area contributed by atoms with Gasteiger partial charge in [0.1, 0.15) is 11.6 Å². The molecule has 0 spiro atoms. The van der Waals surface area contributed by atoms with Crippen LogP contribution in [0.15, 0.2) is 146 Å². The van der Waals surface area contributed by atoms with E-state index in [9.17, 15) is 0 Å². The second-order valence-electron chi connectivity index (χ2n) is 15.7. The summed E-state index contributed by atoms with van der Waals surface area (Å²) in [6, 6.07) is 56.7. The van der Waals surface area contributed by atoms with E-state index >= 15 is 0 Å². The fourth-order valence-corrected chi connectivity index (χ4v) is 6.68. The third-order valence-corrected chi connectivity index (χ3v) is 9.77. The van der Waals surface area contributed by atoms with Crippen LogP contribution in [-0.2, 0) is 30.9 Å². The zero-order valence-electron chi connectivity index (χ0n) is 32.0. The molecule has 9 rings (SSSR count). The number of hydrogen-bond acceptors (Lipinski definition) is 6. The van der Waals surface area contributed by atoms with Crippen molar-refractivity contribution in [3.63, 3.8) is 0 Å². The molecule has 1 radical (unpaired) electrons. The maximum Gasteiger partial charge on any atom is 0.146 e. The van der Waals surface area contributed by atoms with Crippen molar-refractivity contribution in [1.82, 2.24) is 9.97 Å². The predicted octanol–water partition coefficient (Wildman–Crippen LogP) is 12.3. The van der Waals surface area contributed by atoms with Gasteiger partial charge in [0.2, 0.25) is 0 Å². The summed E-state index contributed by atoms with van der Waals surface area (Å²) in [6.45, 7) is 17.6. The zero-order valence-corrected chi connectivity index (χ0v) is 34.4. The number of aromatic nitrogens is 2. The second-order valence-corrected chi connectivity index (χ2v) is 15.7. The van der Waals surface area contributed by atoms with E-state index in [-0.39, 0.29) is 30.9 Å². The minimum atomic E-state index is 0. The first-order valence-corrected chi connectivity index (χ1v) is 18.4. The Morgan fingerprint density at radius 2 is 0.964 bits per heavy atom. The van der Waals surface area contributed by atoms with E-state index < -0.39 is 0 Å². The number of rotatable bonds is 4. The number of anilines is 8. The van der Waals surface area contributed by atoms with Gasteiger partial charge < -0.3 is 19.6 Å². The molecule has 0 bridgehead atoms. The molecule has 0 saturated heterocycles. The Balaban J connectivity index is 0.000000168. The van der Waals surface area contributed by atoms with Gasteiger partial charge in [-0.2, -0.15) is 54.1 Å². The van der Waals surface area contributed by atoms with Gasteiger partial charge in [0, 0.05) is 42.9 Å². The molecule has 7 aromatic rings. The smallest absolute Gasteiger partial charge is 0.146 e. The molecule has 3 heterocycles. The minimum Gasteiger partial charge on any atom is -0.493 e. The Bertz CT molecular complexity index is 2200. The Labute approximate surface area is 339 Å². The molecule has 2 aliphatic rings. The van der Waals surface area contributed by atoms with E-state index in [1.54, 1.807) is 0 Å². The fourth-order valence-electron chi connectivity index (χ4n) is 6.68. The average molecular weight is 897 g/mol. The minimum absolute atomic E-state index is 0. The SMILES string of the molecule is CC(C)(C)c1c[c-]c(N2[CH-]N(c3ccc(C(C)(C)C)cc3)c3ccccc32)cc1.[Ir].[c-]1ccccc1N1[CH-]N(c2ccccc2)c2nc3ccccc3nc21. The van der Waals surface area contributed by atoms with Gasteiger partial charge in [-0.25, -0.2) is 9.97 Å². The van der Waals surface area contributed by atoms with Crippen LogP contribution >= 0.6 is 0 Å². The third kappa shape index (κ3) is 7.73. The topological polar surface area (TPSA) is 38.7 Å². The monoisotopic (exact) mass is 897 g/mol. The predicted molar refractivity (Wildman–Crippen MR) is 224 cm³/mol. The molecular formula is C48H44IrN6-4. The van der Waals surface area contributed by atoms with Crippen LogP contribution in [0.4, 0.5) is 45.8 Å². The first-order valence-electron chi connectivity index (χ1n) is 18.4. The number of nitrogens with zero attached hydrogens (tertiary/aromatic N) is 6. The van der Waals surface area contributed by atoms with Crippen molar-refractivity contribution >= 4 is 56.8 Å². The number of para-hydroxylation sites is 6. The zero-order chi connectivity index (χ0) is 37.5. The van der Waals surface area contributed by atoms with Gasteiger partial charge in [-0.1, -0.05) is 102 Å². The Morgan fingerprint density at radius 1 is 0.455 bits per heavy atom. The van der Waals surface area contributed by atoms with E-state index in [0.29, 0.717) is 0 Å². The molecule has 0 atom stereocenters. The Hall–Kier alpha value is -5.49. The summed E-state index contributed by atoms with van der Waals surface area (Å²) in [5.74, 6) is 1.63. The van der Waals surface area contributed by atoms with Crippen molar-refractivity contribution in [2.24, 2.45) is 0 Å². The van der Waals surface area contributed by atoms with Gasteiger partial charge in [0.15, 0.2) is 0 Å². The summed E-state index contributed by atoms with van der Waals surface area (Å²) < 4.78 is 0. The van der Waals surface area contributed by atoms with Crippen molar-refractivity contribution in [3.8, 4) is 0 Å². The largest absolute Gasteiger partial charge is 0.493 e. The normalized spacial score (nSPS) is 13.6. The van der Waals surface area contributed by atoms with E-state index in [1.165, 1.54) is 28.2 Å². The van der Waals surface area contributed by atoms with Crippen LogP contribution < -0.4 is 19.6 Å². The fraction of sp³-hybridized carbons (Fsp3) is 0.167. The molecule has 0 N–H and O–H groups in total. The summed E-state index contributed by atoms with van der Waals surface area (Å²) in [6.07, 6.45) is 0. The van der Waals surface area contributed by atoms with E-state index in [2.05, 4.69) is 154 Å². The van der Waals surface area contributed by atoms with Crippen LogP contribution in [0, 0.1) is 25.5 Å². The number of hydrogen-bond donors (Lipinski definition) is 0. The Morgan fingerprint density at radius 3 is 1.55 bits per heavy atom. The van der Waals surface area contributed by atoms with Gasteiger partial charge >= 0.3 is 0 Å². The summed E-state index contributed by atoms with van der Waals surface area (Å²) in [5.41, 5.74) is 11.2. The van der Waals surface area contributed by atoms with Crippen molar-refractivity contribution in [2.45, 2.75) is 52.4 Å². The summed E-state index contributed by atoms with van der Waals surface area (Å²) in [5, 5.41) is 0. The molecule has 6 aromatic carbocycles. The van der Waals surface area contributed by atoms with Crippen LogP contribution in [0.5, 0.6) is 0 Å². The van der Waals surface area contributed by atoms with Crippen LogP contribution in [0.1, 0.15) is 52.7 Å². The molecular weight excluding hydrogens is 853 g/mol. The molecule has 279 valence electrons. The Kier molecular flexibility index (Phi) is 10.5. The maximum atomic E-state index is 4.87. The molecule has 1 aromatic heterocycles. The molecule has 0 fully saturated rings. The van der Waals surface area contributed by atoms with E-state index in [0.717, 1.165) is 39.7 Å². The maximum absolute atomic E-state index is 4.87. The molecule has 7 heteroatoms. The van der Waals surface area contributed by atoms with Crippen molar-refractivity contribution < 1.29 is 20.1 Å². The van der Waals surface area contributed by atoms with Crippen molar-refractivity contribution in [1.29, 1.82) is 0 Å². The van der Waals surface area contributed by atoms with Gasteiger partial charge in [-0.05, 0) is 59.5 Å². The quantitative estimate of drug-likeness (QED) is 0.164. The summed E-state index contributed by atoms with van der Waals surface area (Å²) >= 11 is 0. The number of benzene rings is 6. The first-order chi connectivity index (χ1) is 26.0. The van der Waals surface area contributed by atoms with Crippen molar-refractivity contribution in [2.75, 3.05) is 19.6 Å². The molecule has 2 aliphatic heterocycles. The first kappa shape index (κ1) is 37.8. The van der Waals surface area contributed by atoms with E-state index in [4.69, 9.17) is 9.97 Å². The van der Waals surface area contributed by atoms with E-state index in [1.807, 2.05) is 78.3 Å². The summed E-state index contributed by atoms with van der Waals surface area (Å²) in [7, 11) is 0. The van der Waals surface area contributed by atoms with Gasteiger partial charge in [-0.3, -0.25) is 0 Å². The molecule has 55 heavy (non-hydrogen) atoms. The standard InChI is InChI=1S/C27H30N2.C21H14N4.Ir/c1-26(2,3)20-11-15-22(16-12-20)28-19-29(25-10-8-7-9-24(25)28)23-17-13-21(14-18-23)27(4,5)6;1-3-9-16(10-4-1)24-15-25(17-11-5-2-6-12-17)21-20(24)22-18-13-7-8-14-19(18)23-21;/h7-17,19H,1-6H3;1-11,13-15H;/q2*-2;. The van der Waals surface area contributed by atoms with Crippen LogP contribution in [0.3, 0.4) is 0 Å². The molecule has 0 amide bonds. The van der Waals surface area contributed by atoms with Gasteiger partial charge in [-0.15, -0.1) is 30.8 Å². The molecule has 0 aliphatic carbocycles. The second kappa shape index (κ2) is 15.3. The van der Waals surface area contributed by atoms with Gasteiger partial charge in [0.25, 0.3) is 0 Å². The average Bonchev–Trinajstić information content (AvgIpc) is 3.76. The number of fused-ring (bicyclic) bond motifs is 3. The van der Waals surface area contributed by atoms with Crippen LogP contribution in [-0.4, -0.2) is 9.97 Å². The molecule has 6 nitrogen and oxygen atoms in total. The molecule has 0 unspecified atom stereocenters. The van der Waals surface area contributed by atoms with Crippen LogP contribution in [0.25, 0.3) is 11.0 Å². The van der Waals surface area contributed by atoms with Gasteiger partial charge in [0.05, 0.1) is 11.0 Å². The van der Waals surface area contributed by atoms with Crippen LogP contribution in [0.2, 0.25) is 0 Å². The molecule has 0 saturated carbocycles.